The topological polar surface area (TPSA) is 41.0 Å². The Labute approximate surface area is 147 Å². The second-order valence-electron chi connectivity index (χ2n) is 6.56. The van der Waals surface area contributed by atoms with E-state index in [2.05, 4.69) is 31.3 Å². The molecule has 1 aromatic heterocycles. The summed E-state index contributed by atoms with van der Waals surface area (Å²) < 4.78 is 5.87. The molecule has 0 saturated carbocycles. The lowest BCUT2D eigenvalue weighted by Crippen LogP contribution is -2.38. The molecule has 0 aliphatic carbocycles. The van der Waals surface area contributed by atoms with Gasteiger partial charge in [-0.2, -0.15) is 0 Å². The third-order valence-electron chi connectivity index (χ3n) is 4.67. The Morgan fingerprint density at radius 3 is 3.17 bits per heavy atom. The maximum absolute atomic E-state index is 5.87. The van der Waals surface area contributed by atoms with Gasteiger partial charge >= 0.3 is 0 Å². The summed E-state index contributed by atoms with van der Waals surface area (Å²) >= 11 is 1.77. The zero-order valence-electron chi connectivity index (χ0n) is 13.9. The van der Waals surface area contributed by atoms with Crippen LogP contribution >= 0.6 is 11.8 Å². The SMILES string of the molecule is C1=C(CN(Cc2cccnc2)C[C@H]2CCCO2)N2CCCN=C2S1. The number of amidine groups is 1. The van der Waals surface area contributed by atoms with Crippen molar-refractivity contribution in [3.05, 3.63) is 41.2 Å². The highest BCUT2D eigenvalue weighted by Crippen LogP contribution is 2.29. The van der Waals surface area contributed by atoms with E-state index in [0.29, 0.717) is 6.10 Å². The second-order valence-corrected chi connectivity index (χ2v) is 7.40. The smallest absolute Gasteiger partial charge is 0.167 e. The minimum absolute atomic E-state index is 0.367. The second kappa shape index (κ2) is 7.68. The van der Waals surface area contributed by atoms with Crippen molar-refractivity contribution in [2.24, 2.45) is 4.99 Å². The molecular formula is C18H24N4OS. The summed E-state index contributed by atoms with van der Waals surface area (Å²) in [4.78, 5) is 13.8. The molecule has 4 rings (SSSR count). The molecule has 0 unspecified atom stereocenters. The number of ether oxygens (including phenoxy) is 1. The van der Waals surface area contributed by atoms with E-state index < -0.39 is 0 Å². The van der Waals surface area contributed by atoms with Crippen LogP contribution in [0, 0.1) is 0 Å². The van der Waals surface area contributed by atoms with Gasteiger partial charge < -0.3 is 9.64 Å². The van der Waals surface area contributed by atoms with Gasteiger partial charge in [-0.3, -0.25) is 14.9 Å². The molecule has 5 nitrogen and oxygen atoms in total. The fourth-order valence-electron chi connectivity index (χ4n) is 3.50. The molecule has 3 aliphatic rings. The molecular weight excluding hydrogens is 320 g/mol. The Kier molecular flexibility index (Phi) is 5.16. The van der Waals surface area contributed by atoms with E-state index >= 15 is 0 Å². The summed E-state index contributed by atoms with van der Waals surface area (Å²) in [6.07, 6.45) is 7.68. The highest BCUT2D eigenvalue weighted by molar-refractivity contribution is 8.16. The van der Waals surface area contributed by atoms with Gasteiger partial charge in [-0.25, -0.2) is 0 Å². The lowest BCUT2D eigenvalue weighted by atomic mass is 10.2. The first-order valence-corrected chi connectivity index (χ1v) is 9.67. The van der Waals surface area contributed by atoms with Crippen LogP contribution in [0.25, 0.3) is 0 Å². The van der Waals surface area contributed by atoms with E-state index in [4.69, 9.17) is 4.74 Å². The highest BCUT2D eigenvalue weighted by atomic mass is 32.2. The molecule has 4 heterocycles. The molecule has 3 aliphatic heterocycles. The fourth-order valence-corrected chi connectivity index (χ4v) is 4.44. The minimum Gasteiger partial charge on any atom is -0.377 e. The van der Waals surface area contributed by atoms with Crippen molar-refractivity contribution < 1.29 is 4.74 Å². The number of aliphatic imine (C=N–C) groups is 1. The van der Waals surface area contributed by atoms with E-state index in [9.17, 15) is 0 Å². The van der Waals surface area contributed by atoms with E-state index in [1.54, 1.807) is 11.8 Å². The third-order valence-corrected chi connectivity index (χ3v) is 5.62. The van der Waals surface area contributed by atoms with E-state index in [1.807, 2.05) is 18.5 Å². The summed E-state index contributed by atoms with van der Waals surface area (Å²) in [5.41, 5.74) is 2.63. The first-order chi connectivity index (χ1) is 11.9. The number of nitrogens with zero attached hydrogens (tertiary/aromatic N) is 4. The van der Waals surface area contributed by atoms with Gasteiger partial charge in [0.25, 0.3) is 0 Å². The lowest BCUT2D eigenvalue weighted by Gasteiger charge is -2.30. The van der Waals surface area contributed by atoms with Crippen LogP contribution in [0.3, 0.4) is 0 Å². The van der Waals surface area contributed by atoms with Crippen molar-refractivity contribution in [2.45, 2.75) is 31.9 Å². The Morgan fingerprint density at radius 2 is 2.33 bits per heavy atom. The predicted molar refractivity (Wildman–Crippen MR) is 97.8 cm³/mol. The molecule has 0 aromatic carbocycles. The van der Waals surface area contributed by atoms with Crippen molar-refractivity contribution in [1.82, 2.24) is 14.8 Å². The van der Waals surface area contributed by atoms with Crippen molar-refractivity contribution in [1.29, 1.82) is 0 Å². The zero-order chi connectivity index (χ0) is 16.2. The molecule has 0 amide bonds. The van der Waals surface area contributed by atoms with Gasteiger partial charge in [0.1, 0.15) is 0 Å². The first-order valence-electron chi connectivity index (χ1n) is 8.79. The van der Waals surface area contributed by atoms with Crippen LogP contribution in [-0.2, 0) is 11.3 Å². The summed E-state index contributed by atoms with van der Waals surface area (Å²) in [6.45, 7) is 5.81. The Hall–Kier alpha value is -1.37. The zero-order valence-corrected chi connectivity index (χ0v) is 14.7. The summed E-state index contributed by atoms with van der Waals surface area (Å²) in [5.74, 6) is 0. The van der Waals surface area contributed by atoms with Gasteiger partial charge in [0.2, 0.25) is 0 Å². The van der Waals surface area contributed by atoms with Crippen molar-refractivity contribution in [2.75, 3.05) is 32.8 Å². The quantitative estimate of drug-likeness (QED) is 0.794. The van der Waals surface area contributed by atoms with Gasteiger partial charge in [0.15, 0.2) is 5.17 Å². The number of rotatable bonds is 6. The molecule has 0 bridgehead atoms. The standard InChI is InChI=1S/C18H24N4OS/c1-4-15(10-19-6-1)11-21(13-17-5-2-9-23-17)12-16-14-24-18-20-7-3-8-22(16)18/h1,4,6,10,14,17H,2-3,5,7-9,11-13H2/t17-/m1/s1. The summed E-state index contributed by atoms with van der Waals surface area (Å²) in [7, 11) is 0. The number of hydrogen-bond acceptors (Lipinski definition) is 6. The molecule has 1 aromatic rings. The first kappa shape index (κ1) is 16.1. The van der Waals surface area contributed by atoms with Gasteiger partial charge in [0, 0.05) is 57.4 Å². The van der Waals surface area contributed by atoms with E-state index in [-0.39, 0.29) is 0 Å². The molecule has 128 valence electrons. The summed E-state index contributed by atoms with van der Waals surface area (Å²) in [6, 6.07) is 4.17. The molecule has 0 radical (unpaired) electrons. The van der Waals surface area contributed by atoms with Gasteiger partial charge in [0.05, 0.1) is 6.10 Å². The highest BCUT2D eigenvalue weighted by Gasteiger charge is 2.27. The van der Waals surface area contributed by atoms with Crippen LogP contribution in [0.2, 0.25) is 0 Å². The maximum Gasteiger partial charge on any atom is 0.167 e. The van der Waals surface area contributed by atoms with Crippen molar-refractivity contribution in [3.63, 3.8) is 0 Å². The fraction of sp³-hybridized carbons (Fsp3) is 0.556. The van der Waals surface area contributed by atoms with Gasteiger partial charge in [-0.1, -0.05) is 17.8 Å². The van der Waals surface area contributed by atoms with E-state index in [0.717, 1.165) is 45.8 Å². The Bertz CT molecular complexity index is 613. The molecule has 1 atom stereocenters. The number of pyridine rings is 1. The van der Waals surface area contributed by atoms with E-state index in [1.165, 1.54) is 29.3 Å². The maximum atomic E-state index is 5.87. The lowest BCUT2D eigenvalue weighted by molar-refractivity contribution is 0.0723. The van der Waals surface area contributed by atoms with Crippen LogP contribution < -0.4 is 0 Å². The van der Waals surface area contributed by atoms with Crippen LogP contribution in [-0.4, -0.2) is 58.8 Å². The summed E-state index contributed by atoms with van der Waals surface area (Å²) in [5, 5.41) is 3.45. The van der Waals surface area contributed by atoms with Crippen LogP contribution in [0.15, 0.2) is 40.6 Å². The average molecular weight is 344 g/mol. The molecule has 1 saturated heterocycles. The van der Waals surface area contributed by atoms with Crippen molar-refractivity contribution >= 4 is 16.9 Å². The number of fused-ring (bicyclic) bond motifs is 1. The normalized spacial score (nSPS) is 23.4. The van der Waals surface area contributed by atoms with Crippen LogP contribution in [0.4, 0.5) is 0 Å². The average Bonchev–Trinajstić information content (AvgIpc) is 3.26. The van der Waals surface area contributed by atoms with Gasteiger partial charge in [-0.05, 0) is 36.3 Å². The predicted octanol–water partition coefficient (Wildman–Crippen LogP) is 2.71. The molecule has 0 spiro atoms. The molecule has 24 heavy (non-hydrogen) atoms. The molecule has 0 N–H and O–H groups in total. The number of aromatic nitrogens is 1. The molecule has 6 heteroatoms. The third kappa shape index (κ3) is 3.82. The Balaban J connectivity index is 1.45. The van der Waals surface area contributed by atoms with Crippen LogP contribution in [0.5, 0.6) is 0 Å². The largest absolute Gasteiger partial charge is 0.377 e. The Morgan fingerprint density at radius 1 is 1.33 bits per heavy atom. The monoisotopic (exact) mass is 344 g/mol. The van der Waals surface area contributed by atoms with Crippen molar-refractivity contribution in [3.8, 4) is 0 Å². The van der Waals surface area contributed by atoms with Gasteiger partial charge in [-0.15, -0.1) is 0 Å². The number of hydrogen-bond donors (Lipinski definition) is 0. The minimum atomic E-state index is 0.367. The molecule has 1 fully saturated rings. The van der Waals surface area contributed by atoms with Crippen LogP contribution in [0.1, 0.15) is 24.8 Å². The number of thioether (sulfide) groups is 1.